The summed E-state index contributed by atoms with van der Waals surface area (Å²) in [5, 5.41) is 20.7. The molecule has 0 radical (unpaired) electrons. The number of carbonyl (C=O) groups is 1. The van der Waals surface area contributed by atoms with Crippen molar-refractivity contribution >= 4 is 5.78 Å². The molecule has 0 aromatic rings. The van der Waals surface area contributed by atoms with Crippen molar-refractivity contribution in [1.29, 1.82) is 0 Å². The van der Waals surface area contributed by atoms with Crippen LogP contribution in [-0.4, -0.2) is 40.9 Å². The predicted molar refractivity (Wildman–Crippen MR) is 83.3 cm³/mol. The molecule has 3 fully saturated rings. The maximum Gasteiger partial charge on any atom is 0.165 e. The van der Waals surface area contributed by atoms with E-state index in [9.17, 15) is 15.0 Å². The minimum atomic E-state index is -0.677. The molecule has 4 heteroatoms. The van der Waals surface area contributed by atoms with Crippen molar-refractivity contribution in [3.63, 3.8) is 0 Å². The van der Waals surface area contributed by atoms with Crippen LogP contribution in [0.5, 0.6) is 0 Å². The molecule has 0 aromatic carbocycles. The van der Waals surface area contributed by atoms with E-state index in [1.807, 2.05) is 12.2 Å². The minimum absolute atomic E-state index is 0.0588. The van der Waals surface area contributed by atoms with E-state index in [1.54, 1.807) is 7.11 Å². The summed E-state index contributed by atoms with van der Waals surface area (Å²) in [7, 11) is 1.60. The van der Waals surface area contributed by atoms with Crippen molar-refractivity contribution < 1.29 is 19.7 Å². The number of carbonyl (C=O) groups excluding carboxylic acids is 1. The van der Waals surface area contributed by atoms with Crippen LogP contribution in [0.4, 0.5) is 0 Å². The van der Waals surface area contributed by atoms with Crippen LogP contribution >= 0.6 is 0 Å². The Morgan fingerprint density at radius 2 is 2.00 bits per heavy atom. The van der Waals surface area contributed by atoms with Crippen LogP contribution in [0.2, 0.25) is 0 Å². The fraction of sp³-hybridized carbons (Fsp3) is 0.833. The number of aliphatic hydroxyl groups is 2. The molecule has 3 saturated carbocycles. The van der Waals surface area contributed by atoms with Crippen molar-refractivity contribution in [3.05, 3.63) is 12.2 Å². The highest BCUT2D eigenvalue weighted by Gasteiger charge is 2.60. The van der Waals surface area contributed by atoms with Gasteiger partial charge < -0.3 is 14.9 Å². The van der Waals surface area contributed by atoms with Gasteiger partial charge in [0.2, 0.25) is 0 Å². The Hall–Kier alpha value is -0.710. The first kappa shape index (κ1) is 16.2. The molecule has 0 aliphatic heterocycles. The van der Waals surface area contributed by atoms with E-state index in [0.29, 0.717) is 25.2 Å². The third-order valence-electron chi connectivity index (χ3n) is 6.22. The predicted octanol–water partition coefficient (Wildman–Crippen LogP) is 2.23. The number of ether oxygens (including phenoxy) is 1. The molecular formula is C18H28O4. The third-order valence-corrected chi connectivity index (χ3v) is 6.22. The highest BCUT2D eigenvalue weighted by Crippen LogP contribution is 2.51. The molecule has 0 aromatic heterocycles. The van der Waals surface area contributed by atoms with Crippen LogP contribution < -0.4 is 0 Å². The number of hydrogen-bond donors (Lipinski definition) is 2. The molecule has 0 spiro atoms. The normalized spacial score (nSPS) is 41.2. The second-order valence-electron chi connectivity index (χ2n) is 7.28. The minimum Gasteiger partial charge on any atom is -0.393 e. The van der Waals surface area contributed by atoms with Gasteiger partial charge in [0.15, 0.2) is 5.78 Å². The lowest BCUT2D eigenvalue weighted by atomic mass is 9.55. The largest absolute Gasteiger partial charge is 0.393 e. The summed E-state index contributed by atoms with van der Waals surface area (Å²) < 4.78 is 5.53. The number of methoxy groups -OCH3 is 1. The van der Waals surface area contributed by atoms with E-state index in [4.69, 9.17) is 4.74 Å². The molecule has 2 N–H and O–H groups in total. The molecule has 3 aliphatic carbocycles. The summed E-state index contributed by atoms with van der Waals surface area (Å²) in [5.74, 6) is 0.493. The summed E-state index contributed by atoms with van der Waals surface area (Å²) >= 11 is 0. The van der Waals surface area contributed by atoms with Crippen molar-refractivity contribution in [2.24, 2.45) is 17.8 Å². The lowest BCUT2D eigenvalue weighted by Crippen LogP contribution is -2.64. The van der Waals surface area contributed by atoms with E-state index in [2.05, 4.69) is 0 Å². The Bertz CT molecular complexity index is 440. The zero-order valence-corrected chi connectivity index (χ0v) is 13.4. The van der Waals surface area contributed by atoms with Gasteiger partial charge in [-0.15, -0.1) is 0 Å². The molecule has 3 aliphatic rings. The summed E-state index contributed by atoms with van der Waals surface area (Å²) in [6.07, 6.45) is 10.5. The average Bonchev–Trinajstić information content (AvgIpc) is 2.54. The Morgan fingerprint density at radius 3 is 2.64 bits per heavy atom. The number of ketones is 1. The summed E-state index contributed by atoms with van der Waals surface area (Å²) in [4.78, 5) is 12.0. The standard InChI is InChI=1S/C18H28O4/c1-22-18-10-9-16(20)13(14(18)11-17(18)21)7-8-15(19)12-5-3-2-4-6-12/h7-8,12-16,19-20H,2-6,9-11H2,1H3/t13-,14-,15+,16-,18-/m0/s1. The molecule has 0 bridgehead atoms. The van der Waals surface area contributed by atoms with E-state index in [-0.39, 0.29) is 17.6 Å². The van der Waals surface area contributed by atoms with Crippen molar-refractivity contribution in [1.82, 2.24) is 0 Å². The number of fused-ring (bicyclic) bond motifs is 1. The molecule has 0 heterocycles. The van der Waals surface area contributed by atoms with Gasteiger partial charge in [0.25, 0.3) is 0 Å². The lowest BCUT2D eigenvalue weighted by Gasteiger charge is -2.54. The fourth-order valence-corrected chi connectivity index (χ4v) is 4.71. The number of hydrogen-bond acceptors (Lipinski definition) is 4. The summed E-state index contributed by atoms with van der Waals surface area (Å²) in [5.41, 5.74) is -0.677. The number of rotatable bonds is 4. The summed E-state index contributed by atoms with van der Waals surface area (Å²) in [6, 6.07) is 0. The quantitative estimate of drug-likeness (QED) is 0.782. The lowest BCUT2D eigenvalue weighted by molar-refractivity contribution is -0.191. The zero-order chi connectivity index (χ0) is 15.7. The van der Waals surface area contributed by atoms with Gasteiger partial charge in [0.05, 0.1) is 12.2 Å². The SMILES string of the molecule is CO[C@@]12CC[C@H](O)[C@@H](C=C[C@@H](O)C3CCCCC3)[C@@H]1CC2=O. The molecule has 0 unspecified atom stereocenters. The first-order valence-corrected chi connectivity index (χ1v) is 8.71. The zero-order valence-electron chi connectivity index (χ0n) is 13.4. The second kappa shape index (κ2) is 6.42. The Morgan fingerprint density at radius 1 is 1.27 bits per heavy atom. The van der Waals surface area contributed by atoms with Crippen LogP contribution in [-0.2, 0) is 9.53 Å². The van der Waals surface area contributed by atoms with Crippen LogP contribution in [0.25, 0.3) is 0 Å². The topological polar surface area (TPSA) is 66.8 Å². The highest BCUT2D eigenvalue weighted by molar-refractivity contribution is 5.94. The summed E-state index contributed by atoms with van der Waals surface area (Å²) in [6.45, 7) is 0. The molecule has 4 nitrogen and oxygen atoms in total. The third kappa shape index (κ3) is 2.66. The van der Waals surface area contributed by atoms with Gasteiger partial charge in [-0.3, -0.25) is 4.79 Å². The van der Waals surface area contributed by atoms with Crippen molar-refractivity contribution in [2.75, 3.05) is 7.11 Å². The molecule has 0 saturated heterocycles. The van der Waals surface area contributed by atoms with E-state index >= 15 is 0 Å². The van der Waals surface area contributed by atoms with E-state index in [0.717, 1.165) is 12.8 Å². The molecule has 5 atom stereocenters. The van der Waals surface area contributed by atoms with Gasteiger partial charge in [-0.1, -0.05) is 31.4 Å². The number of aliphatic hydroxyl groups excluding tert-OH is 2. The Labute approximate surface area is 132 Å². The molecule has 3 rings (SSSR count). The van der Waals surface area contributed by atoms with Crippen LogP contribution in [0.1, 0.15) is 51.4 Å². The van der Waals surface area contributed by atoms with Gasteiger partial charge in [-0.2, -0.15) is 0 Å². The molecular weight excluding hydrogens is 280 g/mol. The van der Waals surface area contributed by atoms with Crippen molar-refractivity contribution in [2.45, 2.75) is 69.2 Å². The van der Waals surface area contributed by atoms with Gasteiger partial charge in [-0.25, -0.2) is 0 Å². The van der Waals surface area contributed by atoms with Crippen LogP contribution in [0.15, 0.2) is 12.2 Å². The van der Waals surface area contributed by atoms with Gasteiger partial charge in [0, 0.05) is 25.4 Å². The van der Waals surface area contributed by atoms with E-state index < -0.39 is 17.8 Å². The molecule has 0 amide bonds. The van der Waals surface area contributed by atoms with Gasteiger partial charge >= 0.3 is 0 Å². The Kier molecular flexibility index (Phi) is 4.72. The second-order valence-corrected chi connectivity index (χ2v) is 7.28. The highest BCUT2D eigenvalue weighted by atomic mass is 16.5. The first-order chi connectivity index (χ1) is 10.6. The number of Topliss-reactive ketones (excluding diaryl/α,β-unsaturated/α-hetero) is 1. The molecule has 124 valence electrons. The van der Waals surface area contributed by atoms with Crippen LogP contribution in [0, 0.1) is 17.8 Å². The first-order valence-electron chi connectivity index (χ1n) is 8.71. The smallest absolute Gasteiger partial charge is 0.165 e. The van der Waals surface area contributed by atoms with Crippen molar-refractivity contribution in [3.8, 4) is 0 Å². The fourth-order valence-electron chi connectivity index (χ4n) is 4.71. The monoisotopic (exact) mass is 308 g/mol. The maximum absolute atomic E-state index is 12.0. The average molecular weight is 308 g/mol. The maximum atomic E-state index is 12.0. The van der Waals surface area contributed by atoms with E-state index in [1.165, 1.54) is 19.3 Å². The van der Waals surface area contributed by atoms with Gasteiger partial charge in [0.1, 0.15) is 5.60 Å². The molecule has 22 heavy (non-hydrogen) atoms. The Balaban J connectivity index is 1.67. The van der Waals surface area contributed by atoms with Gasteiger partial charge in [-0.05, 0) is 31.6 Å². The van der Waals surface area contributed by atoms with Crippen LogP contribution in [0.3, 0.4) is 0 Å².